The van der Waals surface area contributed by atoms with Crippen LogP contribution in [-0.4, -0.2) is 0 Å². The predicted octanol–water partition coefficient (Wildman–Crippen LogP) is -6.35. The standard InChI is InChI=1S/ClH.Cr.K.3O/h1H;;;;;/q;;+1;;;/p-1. The van der Waals surface area contributed by atoms with E-state index in [-0.39, 0.29) is 63.8 Å². The number of rotatable bonds is 0. The molecule has 0 aliphatic rings. The van der Waals surface area contributed by atoms with E-state index in [1.807, 2.05) is 0 Å². The summed E-state index contributed by atoms with van der Waals surface area (Å²) in [7, 11) is 0. The summed E-state index contributed by atoms with van der Waals surface area (Å²) >= 11 is -3.79. The molecule has 0 aliphatic carbocycles. The molecular formula is ClCrKO3. The number of halogens is 1. The quantitative estimate of drug-likeness (QED) is 0.344. The third kappa shape index (κ3) is 40.0. The first-order valence-corrected chi connectivity index (χ1v) is 2.06. The summed E-state index contributed by atoms with van der Waals surface area (Å²) in [4.78, 5) is 0. The molecule has 0 unspecified atom stereocenters. The van der Waals surface area contributed by atoms with Gasteiger partial charge in [-0.15, -0.1) is 0 Å². The third-order valence-corrected chi connectivity index (χ3v) is 0. The molecule has 0 spiro atoms. The fraction of sp³-hybridized carbons (Fsp3) is 0. The molecule has 0 aromatic carbocycles. The van der Waals surface area contributed by atoms with Crippen LogP contribution in [-0.2, 0) is 25.4 Å². The minimum absolute atomic E-state index is 0. The second kappa shape index (κ2) is 9.97. The van der Waals surface area contributed by atoms with Gasteiger partial charge in [0.1, 0.15) is 0 Å². The van der Waals surface area contributed by atoms with Crippen LogP contribution in [0.1, 0.15) is 0 Å². The summed E-state index contributed by atoms with van der Waals surface area (Å²) in [5.74, 6) is 0. The molecule has 0 atom stereocenters. The van der Waals surface area contributed by atoms with Gasteiger partial charge in [-0.1, -0.05) is 0 Å². The van der Waals surface area contributed by atoms with E-state index in [1.165, 1.54) is 0 Å². The summed E-state index contributed by atoms with van der Waals surface area (Å²) in [6.45, 7) is 0. The van der Waals surface area contributed by atoms with Gasteiger partial charge in [0.2, 0.25) is 0 Å². The zero-order valence-electron chi connectivity index (χ0n) is 3.01. The zero-order valence-corrected chi connectivity index (χ0v) is 8.16. The Kier molecular flexibility index (Phi) is 26.0. The fourth-order valence-electron chi connectivity index (χ4n) is 0. The van der Waals surface area contributed by atoms with Crippen LogP contribution in [0.4, 0.5) is 0 Å². The Balaban J connectivity index is -0.0000000450. The normalized spacial score (nSPS) is 4.00. The van der Waals surface area contributed by atoms with Crippen molar-refractivity contribution < 1.29 is 89.2 Å². The van der Waals surface area contributed by atoms with Crippen LogP contribution in [0.3, 0.4) is 0 Å². The second-order valence-electron chi connectivity index (χ2n) is 0.204. The van der Waals surface area contributed by atoms with Crippen molar-refractivity contribution in [1.29, 1.82) is 0 Å². The Bertz CT molecular complexity index is 80.2. The Hall–Kier alpha value is 1.86. The van der Waals surface area contributed by atoms with Gasteiger partial charge in [0.15, 0.2) is 0 Å². The molecule has 6 heteroatoms. The topological polar surface area (TPSA) is 51.2 Å². The Morgan fingerprint density at radius 1 is 1.00 bits per heavy atom. The Morgan fingerprint density at radius 2 is 1.00 bits per heavy atom. The number of hydrogen-bond acceptors (Lipinski definition) is 3. The molecule has 0 rings (SSSR count). The van der Waals surface area contributed by atoms with Crippen LogP contribution in [0.5, 0.6) is 0 Å². The van der Waals surface area contributed by atoms with Crippen LogP contribution in [0.2, 0.25) is 0 Å². The maximum absolute atomic E-state index is 8.54. The van der Waals surface area contributed by atoms with Crippen molar-refractivity contribution in [3.05, 3.63) is 0 Å². The molecule has 0 saturated heterocycles. The van der Waals surface area contributed by atoms with E-state index in [0.29, 0.717) is 0 Å². The van der Waals surface area contributed by atoms with E-state index >= 15 is 0 Å². The molecule has 0 aliphatic heterocycles. The average Bonchev–Trinajstić information content (AvgIpc) is 0.811. The van der Waals surface area contributed by atoms with Crippen LogP contribution in [0.15, 0.2) is 0 Å². The Labute approximate surface area is 87.3 Å². The molecule has 3 nitrogen and oxygen atoms in total. The van der Waals surface area contributed by atoms with Crippen molar-refractivity contribution in [1.82, 2.24) is 0 Å². The Morgan fingerprint density at radius 3 is 1.00 bits per heavy atom. The molecule has 0 saturated carbocycles. The number of hydrogen-bond donors (Lipinski definition) is 0. The maximum atomic E-state index is 8.54. The summed E-state index contributed by atoms with van der Waals surface area (Å²) in [5, 5.41) is 0. The van der Waals surface area contributed by atoms with E-state index in [0.717, 1.165) is 0 Å². The average molecular weight is 175 g/mol. The van der Waals surface area contributed by atoms with Gasteiger partial charge in [-0.2, -0.15) is 0 Å². The molecule has 0 bridgehead atoms. The van der Waals surface area contributed by atoms with Crippen molar-refractivity contribution in [3.8, 4) is 0 Å². The summed E-state index contributed by atoms with van der Waals surface area (Å²) in [5.41, 5.74) is 0. The van der Waals surface area contributed by atoms with E-state index in [9.17, 15) is 0 Å². The van der Waals surface area contributed by atoms with Crippen LogP contribution in [0, 0.1) is 0 Å². The van der Waals surface area contributed by atoms with Gasteiger partial charge in [-0.3, -0.25) is 0 Å². The monoisotopic (exact) mass is 174 g/mol. The van der Waals surface area contributed by atoms with Crippen molar-refractivity contribution in [2.24, 2.45) is 0 Å². The van der Waals surface area contributed by atoms with E-state index in [2.05, 4.69) is 0 Å². The van der Waals surface area contributed by atoms with Crippen molar-refractivity contribution in [2.75, 3.05) is 0 Å². The van der Waals surface area contributed by atoms with Gasteiger partial charge < -0.3 is 12.4 Å². The fourth-order valence-corrected chi connectivity index (χ4v) is 0. The molecule has 32 valence electrons. The molecule has 0 N–H and O–H groups in total. The second-order valence-corrected chi connectivity index (χ2v) is 0.842. The van der Waals surface area contributed by atoms with Crippen LogP contribution >= 0.6 is 0 Å². The van der Waals surface area contributed by atoms with Crippen molar-refractivity contribution in [3.63, 3.8) is 0 Å². The summed E-state index contributed by atoms with van der Waals surface area (Å²) < 4.78 is 25.6. The van der Waals surface area contributed by atoms with Gasteiger partial charge in [0.05, 0.1) is 0 Å². The van der Waals surface area contributed by atoms with Crippen molar-refractivity contribution in [2.45, 2.75) is 0 Å². The zero-order chi connectivity index (χ0) is 3.58. The third-order valence-electron chi connectivity index (χ3n) is 0. The van der Waals surface area contributed by atoms with E-state index < -0.39 is 14.0 Å². The first-order valence-electron chi connectivity index (χ1n) is 0.500. The van der Waals surface area contributed by atoms with Gasteiger partial charge in [-0.25, -0.2) is 0 Å². The molecule has 0 aromatic heterocycles. The molecule has 6 heavy (non-hydrogen) atoms. The van der Waals surface area contributed by atoms with Crippen LogP contribution in [0.25, 0.3) is 0 Å². The molecule has 0 aromatic rings. The summed E-state index contributed by atoms with van der Waals surface area (Å²) in [6, 6.07) is 0. The minimum atomic E-state index is -3.79. The van der Waals surface area contributed by atoms with Crippen LogP contribution < -0.4 is 63.8 Å². The SMILES string of the molecule is [Cl-].[K+].[O]=[Cr](=[O])=[O]. The molecule has 0 heterocycles. The molecular weight excluding hydrogens is 175 g/mol. The molecule has 0 amide bonds. The van der Waals surface area contributed by atoms with Crippen molar-refractivity contribution >= 4 is 0 Å². The van der Waals surface area contributed by atoms with Gasteiger partial charge in [0.25, 0.3) is 0 Å². The molecule has 0 fully saturated rings. The first-order chi connectivity index (χ1) is 1.73. The van der Waals surface area contributed by atoms with E-state index in [1.54, 1.807) is 0 Å². The summed E-state index contributed by atoms with van der Waals surface area (Å²) in [6.07, 6.45) is 0. The van der Waals surface area contributed by atoms with Gasteiger partial charge in [0, 0.05) is 0 Å². The van der Waals surface area contributed by atoms with E-state index in [4.69, 9.17) is 11.4 Å². The predicted molar refractivity (Wildman–Crippen MR) is 2.06 cm³/mol. The van der Waals surface area contributed by atoms with Gasteiger partial charge in [-0.05, 0) is 0 Å². The van der Waals surface area contributed by atoms with Gasteiger partial charge >= 0.3 is 76.7 Å². The molecule has 0 radical (unpaired) electrons. The first kappa shape index (κ1) is 15.7.